The molecule has 0 radical (unpaired) electrons. The summed E-state index contributed by atoms with van der Waals surface area (Å²) in [5, 5.41) is 0. The van der Waals surface area contributed by atoms with Crippen molar-refractivity contribution in [1.82, 2.24) is 9.80 Å². The summed E-state index contributed by atoms with van der Waals surface area (Å²) < 4.78 is 10.2. The average molecular weight is 348 g/mol. The van der Waals surface area contributed by atoms with E-state index in [2.05, 4.69) is 18.7 Å². The zero-order chi connectivity index (χ0) is 18.6. The first-order chi connectivity index (χ1) is 11.9. The predicted octanol–water partition coefficient (Wildman–Crippen LogP) is 2.17. The number of benzene rings is 1. The third kappa shape index (κ3) is 4.51. The summed E-state index contributed by atoms with van der Waals surface area (Å²) in [6, 6.07) is 5.04. The maximum atomic E-state index is 12.6. The molecule has 1 heterocycles. The molecule has 1 aliphatic rings. The molecule has 0 saturated carbocycles. The molecule has 0 aliphatic carbocycles. The lowest BCUT2D eigenvalue weighted by atomic mass is 10.1. The molecule has 1 aromatic rings. The normalized spacial score (nSPS) is 18.6. The van der Waals surface area contributed by atoms with Gasteiger partial charge in [-0.3, -0.25) is 9.69 Å². The van der Waals surface area contributed by atoms with Gasteiger partial charge >= 0.3 is 5.97 Å². The highest BCUT2D eigenvalue weighted by atomic mass is 16.5. The van der Waals surface area contributed by atoms with Crippen molar-refractivity contribution < 1.29 is 19.1 Å². The van der Waals surface area contributed by atoms with E-state index in [1.165, 1.54) is 7.11 Å². The van der Waals surface area contributed by atoms with Crippen molar-refractivity contribution >= 4 is 11.9 Å². The summed E-state index contributed by atoms with van der Waals surface area (Å²) in [6.45, 7) is 9.03. The molecule has 0 bridgehead atoms. The van der Waals surface area contributed by atoms with E-state index in [0.29, 0.717) is 23.8 Å². The summed E-state index contributed by atoms with van der Waals surface area (Å²) in [5.74, 6) is 0.939. The molecule has 0 unspecified atom stereocenters. The Labute approximate surface area is 149 Å². The minimum Gasteiger partial charge on any atom is -0.496 e. The van der Waals surface area contributed by atoms with Crippen LogP contribution in [0.2, 0.25) is 0 Å². The fourth-order valence-electron chi connectivity index (χ4n) is 3.18. The fraction of sp³-hybridized carbons (Fsp3) is 0.579. The van der Waals surface area contributed by atoms with Crippen LogP contribution in [0.25, 0.3) is 0 Å². The number of amides is 1. The van der Waals surface area contributed by atoms with Gasteiger partial charge in [-0.15, -0.1) is 0 Å². The SMILES string of the molecule is COC(=O)c1ccc(OC)c(CN2CCN(CC(C)C)C(=O)[C@H]2C)c1. The maximum Gasteiger partial charge on any atom is 0.337 e. The zero-order valence-electron chi connectivity index (χ0n) is 15.7. The van der Waals surface area contributed by atoms with Gasteiger partial charge in [-0.25, -0.2) is 4.79 Å². The molecular formula is C19H28N2O4. The third-order valence-electron chi connectivity index (χ3n) is 4.53. The minimum atomic E-state index is -0.380. The molecule has 138 valence electrons. The van der Waals surface area contributed by atoms with E-state index in [0.717, 1.165) is 25.2 Å². The molecule has 0 spiro atoms. The number of hydrogen-bond donors (Lipinski definition) is 0. The van der Waals surface area contributed by atoms with E-state index in [-0.39, 0.29) is 17.9 Å². The summed E-state index contributed by atoms with van der Waals surface area (Å²) in [4.78, 5) is 28.5. The number of ether oxygens (including phenoxy) is 2. The van der Waals surface area contributed by atoms with Crippen LogP contribution >= 0.6 is 0 Å². The maximum absolute atomic E-state index is 12.6. The second-order valence-corrected chi connectivity index (χ2v) is 6.84. The second kappa shape index (κ2) is 8.34. The van der Waals surface area contributed by atoms with Crippen LogP contribution in [0.5, 0.6) is 5.75 Å². The first kappa shape index (κ1) is 19.2. The van der Waals surface area contributed by atoms with Crippen LogP contribution in [0.15, 0.2) is 18.2 Å². The number of carbonyl (C=O) groups excluding carboxylic acids is 2. The Balaban J connectivity index is 2.16. The summed E-state index contributed by atoms with van der Waals surface area (Å²) in [5.41, 5.74) is 1.36. The first-order valence-electron chi connectivity index (χ1n) is 8.65. The zero-order valence-corrected chi connectivity index (χ0v) is 15.7. The lowest BCUT2D eigenvalue weighted by molar-refractivity contribution is -0.141. The van der Waals surface area contributed by atoms with E-state index in [1.54, 1.807) is 25.3 Å². The largest absolute Gasteiger partial charge is 0.496 e. The van der Waals surface area contributed by atoms with Gasteiger partial charge in [0.05, 0.1) is 25.8 Å². The first-order valence-corrected chi connectivity index (χ1v) is 8.65. The molecule has 25 heavy (non-hydrogen) atoms. The molecule has 1 aliphatic heterocycles. The molecule has 6 heteroatoms. The lowest BCUT2D eigenvalue weighted by Crippen LogP contribution is -2.56. The minimum absolute atomic E-state index is 0.156. The van der Waals surface area contributed by atoms with E-state index in [1.807, 2.05) is 11.8 Å². The van der Waals surface area contributed by atoms with E-state index < -0.39 is 0 Å². The molecular weight excluding hydrogens is 320 g/mol. The van der Waals surface area contributed by atoms with Gasteiger partial charge in [-0.2, -0.15) is 0 Å². The van der Waals surface area contributed by atoms with Gasteiger partial charge in [0.1, 0.15) is 5.75 Å². The molecule has 6 nitrogen and oxygen atoms in total. The van der Waals surface area contributed by atoms with Gasteiger partial charge in [0.15, 0.2) is 0 Å². The molecule has 0 aromatic heterocycles. The highest BCUT2D eigenvalue weighted by Gasteiger charge is 2.32. The van der Waals surface area contributed by atoms with Crippen molar-refractivity contribution in [2.75, 3.05) is 33.9 Å². The number of hydrogen-bond acceptors (Lipinski definition) is 5. The monoisotopic (exact) mass is 348 g/mol. The van der Waals surface area contributed by atoms with Crippen LogP contribution in [-0.4, -0.2) is 61.6 Å². The van der Waals surface area contributed by atoms with Gasteiger partial charge in [0.2, 0.25) is 5.91 Å². The van der Waals surface area contributed by atoms with Crippen molar-refractivity contribution in [3.05, 3.63) is 29.3 Å². The predicted molar refractivity (Wildman–Crippen MR) is 95.6 cm³/mol. The Bertz CT molecular complexity index is 630. The summed E-state index contributed by atoms with van der Waals surface area (Å²) >= 11 is 0. The Morgan fingerprint density at radius 2 is 2.00 bits per heavy atom. The van der Waals surface area contributed by atoms with Gasteiger partial charge < -0.3 is 14.4 Å². The van der Waals surface area contributed by atoms with Crippen LogP contribution in [0.4, 0.5) is 0 Å². The van der Waals surface area contributed by atoms with Crippen LogP contribution < -0.4 is 4.74 Å². The van der Waals surface area contributed by atoms with Crippen molar-refractivity contribution in [2.24, 2.45) is 5.92 Å². The second-order valence-electron chi connectivity index (χ2n) is 6.84. The Kier molecular flexibility index (Phi) is 6.42. The van der Waals surface area contributed by atoms with Crippen molar-refractivity contribution in [3.8, 4) is 5.75 Å². The summed E-state index contributed by atoms with van der Waals surface area (Å²) in [6.07, 6.45) is 0. The van der Waals surface area contributed by atoms with Crippen LogP contribution in [-0.2, 0) is 16.1 Å². The van der Waals surface area contributed by atoms with Gasteiger partial charge in [0.25, 0.3) is 0 Å². The van der Waals surface area contributed by atoms with Crippen LogP contribution in [0.3, 0.4) is 0 Å². The molecule has 0 N–H and O–H groups in total. The fourth-order valence-corrected chi connectivity index (χ4v) is 3.18. The van der Waals surface area contributed by atoms with Crippen molar-refractivity contribution in [1.29, 1.82) is 0 Å². The molecule has 2 rings (SSSR count). The average Bonchev–Trinajstić information content (AvgIpc) is 2.60. The highest BCUT2D eigenvalue weighted by molar-refractivity contribution is 5.89. The van der Waals surface area contributed by atoms with Gasteiger partial charge in [0, 0.05) is 31.7 Å². The molecule has 1 amide bonds. The van der Waals surface area contributed by atoms with E-state index in [9.17, 15) is 9.59 Å². The van der Waals surface area contributed by atoms with E-state index in [4.69, 9.17) is 9.47 Å². The number of methoxy groups -OCH3 is 2. The molecule has 1 atom stereocenters. The van der Waals surface area contributed by atoms with Crippen LogP contribution in [0.1, 0.15) is 36.7 Å². The number of esters is 1. The van der Waals surface area contributed by atoms with Gasteiger partial charge in [-0.1, -0.05) is 13.8 Å². The van der Waals surface area contributed by atoms with Crippen molar-refractivity contribution in [2.45, 2.75) is 33.4 Å². The number of rotatable bonds is 6. The Morgan fingerprint density at radius 3 is 2.60 bits per heavy atom. The standard InChI is InChI=1S/C19H28N2O4/c1-13(2)11-21-9-8-20(14(3)18(21)22)12-16-10-15(19(23)25-5)6-7-17(16)24-4/h6-7,10,13-14H,8-9,11-12H2,1-5H3/t14-/m1/s1. The van der Waals surface area contributed by atoms with Crippen LogP contribution in [0, 0.1) is 5.92 Å². The number of piperazine rings is 1. The summed E-state index contributed by atoms with van der Waals surface area (Å²) in [7, 11) is 2.97. The quantitative estimate of drug-likeness (QED) is 0.738. The van der Waals surface area contributed by atoms with Gasteiger partial charge in [-0.05, 0) is 31.0 Å². The third-order valence-corrected chi connectivity index (χ3v) is 4.53. The smallest absolute Gasteiger partial charge is 0.337 e. The number of nitrogens with zero attached hydrogens (tertiary/aromatic N) is 2. The molecule has 1 aromatic carbocycles. The highest BCUT2D eigenvalue weighted by Crippen LogP contribution is 2.24. The molecule has 1 fully saturated rings. The topological polar surface area (TPSA) is 59.1 Å². The Morgan fingerprint density at radius 1 is 1.28 bits per heavy atom. The number of carbonyl (C=O) groups is 2. The lowest BCUT2D eigenvalue weighted by Gasteiger charge is -2.40. The molecule has 1 saturated heterocycles. The van der Waals surface area contributed by atoms with Crippen molar-refractivity contribution in [3.63, 3.8) is 0 Å². The van der Waals surface area contributed by atoms with E-state index >= 15 is 0 Å². The Hall–Kier alpha value is -2.08.